The Bertz CT molecular complexity index is 1600. The highest BCUT2D eigenvalue weighted by Crippen LogP contribution is 2.31. The van der Waals surface area contributed by atoms with E-state index in [-0.39, 0.29) is 6.04 Å². The van der Waals surface area contributed by atoms with Gasteiger partial charge in [-0.1, -0.05) is 60.2 Å². The van der Waals surface area contributed by atoms with Gasteiger partial charge in [-0.3, -0.25) is 0 Å². The van der Waals surface area contributed by atoms with Crippen molar-refractivity contribution in [2.45, 2.75) is 31.8 Å². The minimum Gasteiger partial charge on any atom is -0.341 e. The lowest BCUT2D eigenvalue weighted by Gasteiger charge is -2.08. The third-order valence-electron chi connectivity index (χ3n) is 7.61. The van der Waals surface area contributed by atoms with Crippen LogP contribution in [0.4, 0.5) is 0 Å². The number of H-pyrrole nitrogens is 2. The molecule has 0 saturated carbocycles. The van der Waals surface area contributed by atoms with E-state index in [2.05, 4.69) is 104 Å². The van der Waals surface area contributed by atoms with Crippen molar-refractivity contribution in [3.8, 4) is 33.6 Å². The molecule has 0 spiro atoms. The summed E-state index contributed by atoms with van der Waals surface area (Å²) in [5.41, 5.74) is 8.18. The van der Waals surface area contributed by atoms with Gasteiger partial charge < -0.3 is 20.6 Å². The molecule has 2 aliphatic rings. The van der Waals surface area contributed by atoms with Crippen LogP contribution in [0.2, 0.25) is 0 Å². The maximum Gasteiger partial charge on any atom is 0.127 e. The Morgan fingerprint density at radius 1 is 0.703 bits per heavy atom. The number of aromatic amines is 2. The van der Waals surface area contributed by atoms with Gasteiger partial charge in [-0.25, -0.2) is 9.97 Å². The number of hydrogen-bond acceptors (Lipinski definition) is 4. The zero-order valence-corrected chi connectivity index (χ0v) is 20.9. The summed E-state index contributed by atoms with van der Waals surface area (Å²) in [6.45, 7) is 4.14. The Balaban J connectivity index is 1.11. The molecule has 6 heteroatoms. The van der Waals surface area contributed by atoms with E-state index in [0.717, 1.165) is 48.1 Å². The van der Waals surface area contributed by atoms with E-state index in [1.165, 1.54) is 39.5 Å². The van der Waals surface area contributed by atoms with Crippen LogP contribution in [0.5, 0.6) is 0 Å². The second-order valence-electron chi connectivity index (χ2n) is 10.2. The smallest absolute Gasteiger partial charge is 0.127 e. The van der Waals surface area contributed by atoms with Gasteiger partial charge in [0, 0.05) is 12.1 Å². The van der Waals surface area contributed by atoms with Crippen LogP contribution >= 0.6 is 0 Å². The van der Waals surface area contributed by atoms with Crippen molar-refractivity contribution in [3.63, 3.8) is 0 Å². The summed E-state index contributed by atoms with van der Waals surface area (Å²) in [5, 5.41) is 9.43. The topological polar surface area (TPSA) is 81.4 Å². The molecule has 1 fully saturated rings. The van der Waals surface area contributed by atoms with Crippen LogP contribution in [0.3, 0.4) is 0 Å². The lowest BCUT2D eigenvalue weighted by Crippen LogP contribution is -2.15. The fourth-order valence-electron chi connectivity index (χ4n) is 5.50. The maximum atomic E-state index is 4.63. The first-order chi connectivity index (χ1) is 18.2. The predicted octanol–water partition coefficient (Wildman–Crippen LogP) is 6.30. The normalized spacial score (nSPS) is 19.5. The van der Waals surface area contributed by atoms with Gasteiger partial charge in [0.1, 0.15) is 11.6 Å². The van der Waals surface area contributed by atoms with Gasteiger partial charge in [0.15, 0.2) is 0 Å². The van der Waals surface area contributed by atoms with Crippen LogP contribution < -0.4 is 10.6 Å². The number of aromatic nitrogens is 4. The van der Waals surface area contributed by atoms with Crippen molar-refractivity contribution < 1.29 is 0 Å². The second-order valence-corrected chi connectivity index (χ2v) is 10.2. The third kappa shape index (κ3) is 4.28. The van der Waals surface area contributed by atoms with Gasteiger partial charge in [-0.2, -0.15) is 0 Å². The molecule has 0 aliphatic carbocycles. The number of nitrogens with one attached hydrogen (secondary N) is 4. The van der Waals surface area contributed by atoms with E-state index in [1.54, 1.807) is 0 Å². The van der Waals surface area contributed by atoms with Crippen molar-refractivity contribution >= 4 is 10.8 Å². The summed E-state index contributed by atoms with van der Waals surface area (Å²) >= 11 is 0. The van der Waals surface area contributed by atoms with Gasteiger partial charge in [-0.15, -0.1) is 0 Å². The molecule has 0 bridgehead atoms. The molecule has 2 aliphatic heterocycles. The molecule has 4 heterocycles. The Kier molecular flexibility index (Phi) is 5.49. The van der Waals surface area contributed by atoms with Gasteiger partial charge in [-0.05, 0) is 65.9 Å². The van der Waals surface area contributed by atoms with Crippen molar-refractivity contribution in [2.24, 2.45) is 0 Å². The van der Waals surface area contributed by atoms with E-state index in [4.69, 9.17) is 0 Å². The number of fused-ring (bicyclic) bond motifs is 1. The predicted molar refractivity (Wildman–Crippen MR) is 149 cm³/mol. The average Bonchev–Trinajstić information content (AvgIpc) is 3.74. The number of hydrogen-bond donors (Lipinski definition) is 4. The number of rotatable bonds is 5. The molecule has 6 nitrogen and oxygen atoms in total. The lowest BCUT2D eigenvalue weighted by molar-refractivity contribution is 0.613. The molecule has 4 N–H and O–H groups in total. The van der Waals surface area contributed by atoms with E-state index in [9.17, 15) is 0 Å². The number of nitrogens with zero attached hydrogens (tertiary/aromatic N) is 2. The van der Waals surface area contributed by atoms with Gasteiger partial charge in [0.2, 0.25) is 0 Å². The standard InChI is InChI=1S/C31H30N6/c1-19-13-27(33-16-19)31-35-17-28(36-31)21-6-4-20(5-7-21)22-8-9-24-15-25(11-10-23(24)14-22)29-18-34-30(37-29)26-3-2-12-32-26/h4-11,13-15,17-18,26-27,32-33H,2-3,12,16H2,1H3,(H,34,37)(H,35,36). The Morgan fingerprint density at radius 2 is 1.35 bits per heavy atom. The van der Waals surface area contributed by atoms with Crippen LogP contribution in [0.25, 0.3) is 44.4 Å². The van der Waals surface area contributed by atoms with Gasteiger partial charge >= 0.3 is 0 Å². The SMILES string of the molecule is CC1=CC(c2ncc(-c3ccc(-c4ccc5cc(-c6cnc(C7CCCN7)[nH]6)ccc5c4)cc3)[nH]2)NC1. The van der Waals surface area contributed by atoms with E-state index < -0.39 is 0 Å². The molecule has 3 aromatic carbocycles. The van der Waals surface area contributed by atoms with Crippen LogP contribution in [0.1, 0.15) is 43.5 Å². The van der Waals surface area contributed by atoms with Crippen LogP contribution in [0.15, 0.2) is 84.7 Å². The Morgan fingerprint density at radius 3 is 2.08 bits per heavy atom. The molecule has 2 atom stereocenters. The molecule has 2 unspecified atom stereocenters. The first kappa shape index (κ1) is 22.2. The van der Waals surface area contributed by atoms with Crippen LogP contribution in [-0.4, -0.2) is 33.0 Å². The highest BCUT2D eigenvalue weighted by molar-refractivity contribution is 5.90. The lowest BCUT2D eigenvalue weighted by atomic mass is 9.98. The number of benzene rings is 3. The molecule has 184 valence electrons. The average molecular weight is 487 g/mol. The minimum absolute atomic E-state index is 0.172. The van der Waals surface area contributed by atoms with Crippen molar-refractivity contribution in [1.82, 2.24) is 30.6 Å². The molecular formula is C31H30N6. The zero-order valence-electron chi connectivity index (χ0n) is 20.9. The second kappa shape index (κ2) is 9.14. The monoisotopic (exact) mass is 486 g/mol. The van der Waals surface area contributed by atoms with Crippen molar-refractivity contribution in [3.05, 3.63) is 96.4 Å². The highest BCUT2D eigenvalue weighted by atomic mass is 15.0. The fourth-order valence-corrected chi connectivity index (χ4v) is 5.50. The molecule has 5 aromatic rings. The summed E-state index contributed by atoms with van der Waals surface area (Å²) in [5.74, 6) is 2.01. The molecular weight excluding hydrogens is 456 g/mol. The first-order valence-corrected chi connectivity index (χ1v) is 13.1. The molecule has 0 amide bonds. The van der Waals surface area contributed by atoms with E-state index in [1.807, 2.05) is 12.4 Å². The Labute approximate surface area is 216 Å². The summed E-state index contributed by atoms with van der Waals surface area (Å²) in [6.07, 6.45) is 8.47. The van der Waals surface area contributed by atoms with E-state index >= 15 is 0 Å². The molecule has 37 heavy (non-hydrogen) atoms. The third-order valence-corrected chi connectivity index (χ3v) is 7.61. The number of imidazole rings is 2. The van der Waals surface area contributed by atoms with Crippen LogP contribution in [-0.2, 0) is 0 Å². The highest BCUT2D eigenvalue weighted by Gasteiger charge is 2.20. The molecule has 2 aromatic heterocycles. The minimum atomic E-state index is 0.172. The summed E-state index contributed by atoms with van der Waals surface area (Å²) in [7, 11) is 0. The fraction of sp³-hybridized carbons (Fsp3) is 0.226. The maximum absolute atomic E-state index is 4.63. The first-order valence-electron chi connectivity index (χ1n) is 13.1. The van der Waals surface area contributed by atoms with Crippen molar-refractivity contribution in [1.29, 1.82) is 0 Å². The van der Waals surface area contributed by atoms with Crippen LogP contribution in [0, 0.1) is 0 Å². The zero-order chi connectivity index (χ0) is 24.8. The molecule has 7 rings (SSSR count). The van der Waals surface area contributed by atoms with Gasteiger partial charge in [0.05, 0.1) is 35.9 Å². The Hall–Kier alpha value is -4.00. The molecule has 1 saturated heterocycles. The summed E-state index contributed by atoms with van der Waals surface area (Å²) < 4.78 is 0. The summed E-state index contributed by atoms with van der Waals surface area (Å²) in [6, 6.07) is 22.5. The summed E-state index contributed by atoms with van der Waals surface area (Å²) in [4.78, 5) is 16.2. The van der Waals surface area contributed by atoms with Gasteiger partial charge in [0.25, 0.3) is 0 Å². The largest absolute Gasteiger partial charge is 0.341 e. The molecule has 0 radical (unpaired) electrons. The van der Waals surface area contributed by atoms with Crippen molar-refractivity contribution in [2.75, 3.05) is 13.1 Å². The van der Waals surface area contributed by atoms with E-state index in [0.29, 0.717) is 6.04 Å². The quantitative estimate of drug-likeness (QED) is 0.220.